The number of aromatic nitrogens is 2. The maximum atomic E-state index is 13.1. The van der Waals surface area contributed by atoms with E-state index in [9.17, 15) is 23.1 Å². The molecule has 4 N–H and O–H groups in total. The van der Waals surface area contributed by atoms with E-state index in [0.717, 1.165) is 6.07 Å². The van der Waals surface area contributed by atoms with Crippen molar-refractivity contribution < 1.29 is 32.9 Å². The third kappa shape index (κ3) is 5.23. The van der Waals surface area contributed by atoms with E-state index in [1.807, 2.05) is 0 Å². The number of rotatable bonds is 6. The van der Waals surface area contributed by atoms with Crippen LogP contribution in [0.2, 0.25) is 0 Å². The number of benzene rings is 1. The van der Waals surface area contributed by atoms with Crippen LogP contribution in [0.15, 0.2) is 18.2 Å². The van der Waals surface area contributed by atoms with Crippen LogP contribution < -0.4 is 10.6 Å². The van der Waals surface area contributed by atoms with Gasteiger partial charge in [-0.15, -0.1) is 10.2 Å². The Morgan fingerprint density at radius 2 is 2.03 bits per heavy atom. The number of halogens is 3. The van der Waals surface area contributed by atoms with Crippen LogP contribution in [0.5, 0.6) is 5.75 Å². The van der Waals surface area contributed by atoms with Crippen molar-refractivity contribution in [2.75, 3.05) is 19.0 Å². The third-order valence-electron chi connectivity index (χ3n) is 5.11. The number of methoxy groups -OCH3 is 1. The minimum Gasteiger partial charge on any atom is -0.507 e. The zero-order valence-electron chi connectivity index (χ0n) is 17.0. The van der Waals surface area contributed by atoms with Gasteiger partial charge in [0.25, 0.3) is 0 Å². The first-order valence-corrected chi connectivity index (χ1v) is 9.59. The molecule has 0 aliphatic carbocycles. The van der Waals surface area contributed by atoms with E-state index in [2.05, 4.69) is 20.8 Å². The Kier molecular flexibility index (Phi) is 6.65. The Hall–Kier alpha value is -2.92. The van der Waals surface area contributed by atoms with Gasteiger partial charge < -0.3 is 25.6 Å². The lowest BCUT2D eigenvalue weighted by atomic mass is 9.97. The number of aliphatic carboxylic acids is 1. The van der Waals surface area contributed by atoms with Crippen LogP contribution in [0.3, 0.4) is 0 Å². The fourth-order valence-corrected chi connectivity index (χ4v) is 3.59. The number of alkyl halides is 3. The number of piperidine rings is 1. The number of hydrogen-bond donors (Lipinski definition) is 4. The van der Waals surface area contributed by atoms with Crippen LogP contribution in [0.25, 0.3) is 11.3 Å². The second kappa shape index (κ2) is 9.06. The summed E-state index contributed by atoms with van der Waals surface area (Å²) in [5.74, 6) is -1.00. The van der Waals surface area contributed by atoms with Crippen LogP contribution in [0.1, 0.15) is 29.5 Å². The van der Waals surface area contributed by atoms with Gasteiger partial charge in [0.2, 0.25) is 0 Å². The molecule has 1 aliphatic heterocycles. The van der Waals surface area contributed by atoms with Gasteiger partial charge in [0.15, 0.2) is 0 Å². The van der Waals surface area contributed by atoms with Crippen molar-refractivity contribution in [1.82, 2.24) is 15.5 Å². The zero-order valence-corrected chi connectivity index (χ0v) is 17.0. The molecule has 3 rings (SSSR count). The molecule has 2 atom stereocenters. The molecular formula is C20H23F3N4O4. The van der Waals surface area contributed by atoms with E-state index in [1.54, 1.807) is 13.0 Å². The average molecular weight is 440 g/mol. The van der Waals surface area contributed by atoms with Gasteiger partial charge >= 0.3 is 12.1 Å². The molecule has 2 heterocycles. The molecule has 8 nitrogen and oxygen atoms in total. The molecule has 1 aliphatic rings. The number of carboxylic acids is 1. The SMILES string of the molecule is COCc1cc(C(F)(F)F)cc(O)c1-c1nnc(N[C@@H]2CC[C@@H](C(=O)O)NC2)cc1C. The van der Waals surface area contributed by atoms with Crippen molar-refractivity contribution >= 4 is 11.8 Å². The highest BCUT2D eigenvalue weighted by Gasteiger charge is 2.33. The highest BCUT2D eigenvalue weighted by molar-refractivity contribution is 5.74. The van der Waals surface area contributed by atoms with Crippen molar-refractivity contribution in [3.63, 3.8) is 0 Å². The van der Waals surface area contributed by atoms with Crippen molar-refractivity contribution in [2.24, 2.45) is 0 Å². The quantitative estimate of drug-likeness (QED) is 0.542. The Labute approximate surface area is 176 Å². The number of ether oxygens (including phenoxy) is 1. The number of anilines is 1. The third-order valence-corrected chi connectivity index (χ3v) is 5.11. The maximum absolute atomic E-state index is 13.1. The molecule has 1 aromatic carbocycles. The topological polar surface area (TPSA) is 117 Å². The number of aromatic hydroxyl groups is 1. The van der Waals surface area contributed by atoms with Crippen molar-refractivity contribution in [3.8, 4) is 17.0 Å². The Bertz CT molecular complexity index is 960. The number of nitrogens with one attached hydrogen (secondary N) is 2. The van der Waals surface area contributed by atoms with Gasteiger partial charge in [0, 0.05) is 25.3 Å². The normalized spacial score (nSPS) is 19.3. The monoisotopic (exact) mass is 440 g/mol. The summed E-state index contributed by atoms with van der Waals surface area (Å²) in [6.07, 6.45) is -3.51. The fraction of sp³-hybridized carbons (Fsp3) is 0.450. The largest absolute Gasteiger partial charge is 0.507 e. The van der Waals surface area contributed by atoms with Crippen molar-refractivity contribution in [2.45, 2.75) is 44.6 Å². The Morgan fingerprint density at radius 1 is 1.29 bits per heavy atom. The minimum absolute atomic E-state index is 0.0429. The number of phenolic OH excluding ortho intramolecular Hbond substituents is 1. The summed E-state index contributed by atoms with van der Waals surface area (Å²) in [6.45, 7) is 2.01. The number of phenols is 1. The lowest BCUT2D eigenvalue weighted by Gasteiger charge is -2.28. The van der Waals surface area contributed by atoms with Gasteiger partial charge in [-0.25, -0.2) is 0 Å². The predicted octanol–water partition coefficient (Wildman–Crippen LogP) is 2.94. The highest BCUT2D eigenvalue weighted by atomic mass is 19.4. The second-order valence-corrected chi connectivity index (χ2v) is 7.44. The first kappa shape index (κ1) is 22.8. The molecule has 0 radical (unpaired) electrons. The van der Waals surface area contributed by atoms with Crippen LogP contribution in [-0.4, -0.2) is 52.1 Å². The lowest BCUT2D eigenvalue weighted by molar-refractivity contribution is -0.140. The number of hydrogen-bond acceptors (Lipinski definition) is 7. The molecule has 1 fully saturated rings. The Balaban J connectivity index is 1.85. The molecule has 0 unspecified atom stereocenters. The van der Waals surface area contributed by atoms with Crippen LogP contribution in [-0.2, 0) is 22.3 Å². The molecule has 0 spiro atoms. The van der Waals surface area contributed by atoms with Gasteiger partial charge in [-0.3, -0.25) is 4.79 Å². The smallest absolute Gasteiger partial charge is 0.416 e. The second-order valence-electron chi connectivity index (χ2n) is 7.44. The molecule has 1 saturated heterocycles. The van der Waals surface area contributed by atoms with E-state index in [-0.39, 0.29) is 29.5 Å². The number of aryl methyl sites for hydroxylation is 1. The maximum Gasteiger partial charge on any atom is 0.416 e. The number of nitrogens with zero attached hydrogens (tertiary/aromatic N) is 2. The summed E-state index contributed by atoms with van der Waals surface area (Å²) >= 11 is 0. The van der Waals surface area contributed by atoms with Gasteiger partial charge in [-0.1, -0.05) is 0 Å². The molecular weight excluding hydrogens is 417 g/mol. The molecule has 0 bridgehead atoms. The van der Waals surface area contributed by atoms with Gasteiger partial charge in [0.1, 0.15) is 23.3 Å². The summed E-state index contributed by atoms with van der Waals surface area (Å²) in [5, 5.41) is 33.7. The summed E-state index contributed by atoms with van der Waals surface area (Å²) in [5.41, 5.74) is 0.141. The fourth-order valence-electron chi connectivity index (χ4n) is 3.59. The van der Waals surface area contributed by atoms with E-state index >= 15 is 0 Å². The summed E-state index contributed by atoms with van der Waals surface area (Å²) in [4.78, 5) is 11.0. The lowest BCUT2D eigenvalue weighted by Crippen LogP contribution is -2.48. The number of carbonyl (C=O) groups is 1. The first-order chi connectivity index (χ1) is 14.6. The molecule has 31 heavy (non-hydrogen) atoms. The van der Waals surface area contributed by atoms with E-state index in [1.165, 1.54) is 7.11 Å². The first-order valence-electron chi connectivity index (χ1n) is 9.59. The summed E-state index contributed by atoms with van der Waals surface area (Å²) < 4.78 is 44.4. The molecule has 11 heteroatoms. The van der Waals surface area contributed by atoms with Crippen LogP contribution in [0.4, 0.5) is 19.0 Å². The zero-order chi connectivity index (χ0) is 22.8. The van der Waals surface area contributed by atoms with Crippen molar-refractivity contribution in [3.05, 3.63) is 34.9 Å². The molecule has 2 aromatic rings. The predicted molar refractivity (Wildman–Crippen MR) is 106 cm³/mol. The van der Waals surface area contributed by atoms with Crippen LogP contribution >= 0.6 is 0 Å². The molecule has 1 aromatic heterocycles. The number of carboxylic acid groups (broad SMARTS) is 1. The highest BCUT2D eigenvalue weighted by Crippen LogP contribution is 2.40. The Morgan fingerprint density at radius 3 is 2.58 bits per heavy atom. The van der Waals surface area contributed by atoms with Gasteiger partial charge in [-0.05, 0) is 49.1 Å². The van der Waals surface area contributed by atoms with E-state index < -0.39 is 29.5 Å². The van der Waals surface area contributed by atoms with Gasteiger partial charge in [-0.2, -0.15) is 13.2 Å². The molecule has 168 valence electrons. The van der Waals surface area contributed by atoms with E-state index in [0.29, 0.717) is 36.8 Å². The standard InChI is InChI=1S/C20H23F3N4O4/c1-10-5-16(25-13-3-4-14(19(29)30)24-8-13)26-27-18(10)17-11(9-31-2)6-12(7-15(17)28)20(21,22)23/h5-7,13-14,24,28H,3-4,8-9H2,1-2H3,(H,25,26)(H,29,30)/t13-,14+/m1/s1. The van der Waals surface area contributed by atoms with E-state index in [4.69, 9.17) is 9.84 Å². The van der Waals surface area contributed by atoms with Gasteiger partial charge in [0.05, 0.1) is 12.2 Å². The average Bonchev–Trinajstić information content (AvgIpc) is 2.69. The summed E-state index contributed by atoms with van der Waals surface area (Å²) in [7, 11) is 1.35. The molecule has 0 saturated carbocycles. The minimum atomic E-state index is -4.61. The van der Waals surface area contributed by atoms with Crippen molar-refractivity contribution in [1.29, 1.82) is 0 Å². The molecule has 0 amide bonds. The summed E-state index contributed by atoms with van der Waals surface area (Å²) in [6, 6.07) is 2.65. The van der Waals surface area contributed by atoms with Crippen LogP contribution in [0, 0.1) is 6.92 Å².